The molecule has 0 aliphatic heterocycles. The summed E-state index contributed by atoms with van der Waals surface area (Å²) < 4.78 is 14.1. The number of esters is 3. The third-order valence-electron chi connectivity index (χ3n) is 3.38. The molecule has 0 radical (unpaired) electrons. The number of benzene rings is 1. The summed E-state index contributed by atoms with van der Waals surface area (Å²) in [6.07, 6.45) is 2.63. The van der Waals surface area contributed by atoms with Crippen LogP contribution < -0.4 is 5.32 Å². The van der Waals surface area contributed by atoms with E-state index in [1.165, 1.54) is 44.8 Å². The van der Waals surface area contributed by atoms with Gasteiger partial charge in [0.15, 0.2) is 12.3 Å². The molecule has 146 valence electrons. The third-order valence-corrected chi connectivity index (χ3v) is 3.38. The van der Waals surface area contributed by atoms with Gasteiger partial charge in [0.25, 0.3) is 5.91 Å². The first-order valence-electron chi connectivity index (χ1n) is 7.91. The number of anilines is 1. The Balaban J connectivity index is 2.07. The molecule has 0 atom stereocenters. The van der Waals surface area contributed by atoms with E-state index >= 15 is 0 Å². The lowest BCUT2D eigenvalue weighted by Crippen LogP contribution is -2.22. The molecule has 0 aliphatic carbocycles. The number of methoxy groups -OCH3 is 2. The second-order valence-electron chi connectivity index (χ2n) is 5.45. The first-order valence-corrected chi connectivity index (χ1v) is 7.91. The van der Waals surface area contributed by atoms with Crippen LogP contribution in [0, 0.1) is 6.92 Å². The van der Waals surface area contributed by atoms with Crippen molar-refractivity contribution in [2.45, 2.75) is 6.92 Å². The number of hydrogen-bond donors (Lipinski definition) is 1. The maximum absolute atomic E-state index is 12.0. The number of hydrogen-bond acceptors (Lipinski definition) is 9. The van der Waals surface area contributed by atoms with Crippen LogP contribution in [0.5, 0.6) is 0 Å². The molecule has 10 heteroatoms. The molecular formula is C18H17N3O7. The summed E-state index contributed by atoms with van der Waals surface area (Å²) >= 11 is 0. The minimum Gasteiger partial charge on any atom is -0.465 e. The van der Waals surface area contributed by atoms with E-state index in [0.29, 0.717) is 5.69 Å². The van der Waals surface area contributed by atoms with Crippen molar-refractivity contribution < 1.29 is 33.4 Å². The van der Waals surface area contributed by atoms with Crippen molar-refractivity contribution in [1.82, 2.24) is 9.97 Å². The Bertz CT molecular complexity index is 876. The van der Waals surface area contributed by atoms with Gasteiger partial charge < -0.3 is 19.5 Å². The van der Waals surface area contributed by atoms with E-state index in [2.05, 4.69) is 24.8 Å². The highest BCUT2D eigenvalue weighted by molar-refractivity contribution is 6.00. The van der Waals surface area contributed by atoms with Crippen LogP contribution in [0.3, 0.4) is 0 Å². The third kappa shape index (κ3) is 5.34. The molecular weight excluding hydrogens is 370 g/mol. The summed E-state index contributed by atoms with van der Waals surface area (Å²) in [7, 11) is 2.36. The van der Waals surface area contributed by atoms with Crippen LogP contribution >= 0.6 is 0 Å². The quantitative estimate of drug-likeness (QED) is 0.572. The fraction of sp³-hybridized carbons (Fsp3) is 0.222. The van der Waals surface area contributed by atoms with E-state index in [-0.39, 0.29) is 22.5 Å². The highest BCUT2D eigenvalue weighted by Crippen LogP contribution is 2.17. The average Bonchev–Trinajstić information content (AvgIpc) is 2.70. The van der Waals surface area contributed by atoms with Gasteiger partial charge in [0, 0.05) is 11.9 Å². The predicted octanol–water partition coefficient (Wildman–Crippen LogP) is 1.15. The molecule has 1 aromatic carbocycles. The molecule has 0 unspecified atom stereocenters. The van der Waals surface area contributed by atoms with Crippen molar-refractivity contribution in [2.24, 2.45) is 0 Å². The molecule has 1 heterocycles. The molecule has 0 bridgehead atoms. The molecule has 0 spiro atoms. The zero-order chi connectivity index (χ0) is 20.7. The first-order chi connectivity index (χ1) is 13.3. The largest absolute Gasteiger partial charge is 0.465 e. The van der Waals surface area contributed by atoms with E-state index in [1.807, 2.05) is 0 Å². The Kier molecular flexibility index (Phi) is 6.74. The molecule has 2 aromatic rings. The van der Waals surface area contributed by atoms with Crippen molar-refractivity contribution in [2.75, 3.05) is 26.1 Å². The Morgan fingerprint density at radius 1 is 0.893 bits per heavy atom. The number of nitrogens with zero attached hydrogens (tertiary/aromatic N) is 2. The SMILES string of the molecule is COC(=O)c1cc(NC(=O)COC(=O)c2cnc(C)cn2)cc(C(=O)OC)c1. The van der Waals surface area contributed by atoms with Crippen molar-refractivity contribution in [3.05, 3.63) is 53.1 Å². The van der Waals surface area contributed by atoms with Crippen LogP contribution in [0.4, 0.5) is 5.69 Å². The van der Waals surface area contributed by atoms with Crippen molar-refractivity contribution in [3.8, 4) is 0 Å². The Hall–Kier alpha value is -3.82. The number of aromatic nitrogens is 2. The molecule has 1 amide bonds. The fourth-order valence-corrected chi connectivity index (χ4v) is 2.07. The van der Waals surface area contributed by atoms with Crippen LogP contribution in [0.15, 0.2) is 30.6 Å². The molecule has 1 N–H and O–H groups in total. The van der Waals surface area contributed by atoms with Crippen molar-refractivity contribution >= 4 is 29.5 Å². The Morgan fingerprint density at radius 3 is 2.00 bits per heavy atom. The zero-order valence-electron chi connectivity index (χ0n) is 15.3. The highest BCUT2D eigenvalue weighted by Gasteiger charge is 2.16. The van der Waals surface area contributed by atoms with Crippen molar-refractivity contribution in [1.29, 1.82) is 0 Å². The van der Waals surface area contributed by atoms with Gasteiger partial charge in [-0.2, -0.15) is 0 Å². The molecule has 0 saturated heterocycles. The normalized spacial score (nSPS) is 9.96. The number of carbonyl (C=O) groups is 4. The molecule has 28 heavy (non-hydrogen) atoms. The van der Waals surface area contributed by atoms with Crippen LogP contribution in [0.2, 0.25) is 0 Å². The predicted molar refractivity (Wildman–Crippen MR) is 94.8 cm³/mol. The lowest BCUT2D eigenvalue weighted by atomic mass is 10.1. The van der Waals surface area contributed by atoms with Crippen LogP contribution in [0.1, 0.15) is 36.9 Å². The highest BCUT2D eigenvalue weighted by atomic mass is 16.5. The van der Waals surface area contributed by atoms with Gasteiger partial charge in [0.1, 0.15) is 0 Å². The van der Waals surface area contributed by atoms with Crippen molar-refractivity contribution in [3.63, 3.8) is 0 Å². The van der Waals surface area contributed by atoms with E-state index in [4.69, 9.17) is 4.74 Å². The number of carbonyl (C=O) groups excluding carboxylic acids is 4. The van der Waals surface area contributed by atoms with E-state index < -0.39 is 30.4 Å². The van der Waals surface area contributed by atoms with E-state index in [9.17, 15) is 19.2 Å². The Labute approximate surface area is 159 Å². The number of rotatable bonds is 6. The molecule has 0 fully saturated rings. The number of nitrogens with one attached hydrogen (secondary N) is 1. The van der Waals surface area contributed by atoms with Gasteiger partial charge >= 0.3 is 17.9 Å². The first kappa shape index (κ1) is 20.5. The zero-order valence-corrected chi connectivity index (χ0v) is 15.3. The summed E-state index contributed by atoms with van der Waals surface area (Å²) in [5.74, 6) is -2.91. The van der Waals surface area contributed by atoms with Crippen LogP contribution in [-0.4, -0.2) is 54.6 Å². The summed E-state index contributed by atoms with van der Waals surface area (Å²) in [5.41, 5.74) is 0.778. The van der Waals surface area contributed by atoms with Gasteiger partial charge in [-0.1, -0.05) is 0 Å². The van der Waals surface area contributed by atoms with Crippen LogP contribution in [0.25, 0.3) is 0 Å². The van der Waals surface area contributed by atoms with Gasteiger partial charge in [-0.05, 0) is 25.1 Å². The summed E-state index contributed by atoms with van der Waals surface area (Å²) in [4.78, 5) is 55.1. The fourth-order valence-electron chi connectivity index (χ4n) is 2.07. The number of ether oxygens (including phenoxy) is 3. The van der Waals surface area contributed by atoms with Gasteiger partial charge in [-0.3, -0.25) is 9.78 Å². The van der Waals surface area contributed by atoms with Gasteiger partial charge in [0.05, 0.1) is 37.2 Å². The smallest absolute Gasteiger partial charge is 0.359 e. The summed E-state index contributed by atoms with van der Waals surface area (Å²) in [6, 6.07) is 3.89. The maximum atomic E-state index is 12.0. The monoisotopic (exact) mass is 387 g/mol. The Morgan fingerprint density at radius 2 is 1.50 bits per heavy atom. The molecule has 0 aliphatic rings. The minimum atomic E-state index is -0.818. The van der Waals surface area contributed by atoms with E-state index in [0.717, 1.165) is 0 Å². The molecule has 1 aromatic heterocycles. The molecule has 0 saturated carbocycles. The van der Waals surface area contributed by atoms with Gasteiger partial charge in [0.2, 0.25) is 0 Å². The standard InChI is InChI=1S/C18H17N3O7/c1-10-7-20-14(8-19-10)18(25)28-9-15(22)21-13-5-11(16(23)26-2)4-12(6-13)17(24)27-3/h4-8H,9H2,1-3H3,(H,21,22). The topological polar surface area (TPSA) is 134 Å². The average molecular weight is 387 g/mol. The molecule has 10 nitrogen and oxygen atoms in total. The van der Waals surface area contributed by atoms with Crippen LogP contribution in [-0.2, 0) is 19.0 Å². The van der Waals surface area contributed by atoms with Gasteiger partial charge in [-0.25, -0.2) is 19.4 Å². The second-order valence-corrected chi connectivity index (χ2v) is 5.45. The van der Waals surface area contributed by atoms with Gasteiger partial charge in [-0.15, -0.1) is 0 Å². The second kappa shape index (κ2) is 9.21. The number of amides is 1. The lowest BCUT2D eigenvalue weighted by molar-refractivity contribution is -0.119. The minimum absolute atomic E-state index is 0.0348. The summed E-state index contributed by atoms with van der Waals surface area (Å²) in [5, 5.41) is 2.43. The van der Waals surface area contributed by atoms with E-state index in [1.54, 1.807) is 6.92 Å². The maximum Gasteiger partial charge on any atom is 0.359 e. The summed E-state index contributed by atoms with van der Waals surface area (Å²) in [6.45, 7) is 1.10. The lowest BCUT2D eigenvalue weighted by Gasteiger charge is -2.10. The number of aryl methyl sites for hydroxylation is 1. The molecule has 2 rings (SSSR count).